The molecule has 0 N–H and O–H groups in total. The van der Waals surface area contributed by atoms with Gasteiger partial charge in [-0.05, 0) is 35.2 Å². The Bertz CT molecular complexity index is 849. The number of rotatable bonds is 5. The minimum absolute atomic E-state index is 0.00440. The molecule has 2 heterocycles. The number of amides is 1. The topological polar surface area (TPSA) is 51.2 Å². The van der Waals surface area contributed by atoms with Gasteiger partial charge in [0.05, 0.1) is 40.0 Å². The molecule has 2 aromatic carbocycles. The third-order valence-electron chi connectivity index (χ3n) is 5.79. The van der Waals surface area contributed by atoms with Crippen LogP contribution in [-0.4, -0.2) is 69.3 Å². The molecule has 29 heavy (non-hydrogen) atoms. The van der Waals surface area contributed by atoms with Crippen molar-refractivity contribution in [3.8, 4) is 11.5 Å². The number of hydrogen-bond donors (Lipinski definition) is 0. The lowest BCUT2D eigenvalue weighted by Gasteiger charge is -2.39. The third-order valence-corrected chi connectivity index (χ3v) is 5.79. The molecule has 6 nitrogen and oxygen atoms in total. The van der Waals surface area contributed by atoms with Crippen LogP contribution >= 0.6 is 0 Å². The van der Waals surface area contributed by atoms with E-state index < -0.39 is 0 Å². The SMILES string of the molecule is COc1cc2c(cc1OC)[C@@H](c1ccccc1)N(CC(=O)N1CCOCC1)CC2. The fourth-order valence-electron chi connectivity index (χ4n) is 4.28. The van der Waals surface area contributed by atoms with Crippen molar-refractivity contribution < 1.29 is 19.0 Å². The molecule has 1 saturated heterocycles. The largest absolute Gasteiger partial charge is 0.493 e. The second kappa shape index (κ2) is 8.84. The normalized spacial score (nSPS) is 19.5. The smallest absolute Gasteiger partial charge is 0.236 e. The van der Waals surface area contributed by atoms with Gasteiger partial charge < -0.3 is 19.1 Å². The first kappa shape index (κ1) is 19.7. The fourth-order valence-corrected chi connectivity index (χ4v) is 4.28. The van der Waals surface area contributed by atoms with Crippen LogP contribution in [0.3, 0.4) is 0 Å². The number of fused-ring (bicyclic) bond motifs is 1. The van der Waals surface area contributed by atoms with E-state index in [-0.39, 0.29) is 11.9 Å². The summed E-state index contributed by atoms with van der Waals surface area (Å²) < 4.78 is 16.5. The van der Waals surface area contributed by atoms with E-state index in [1.165, 1.54) is 16.7 Å². The molecular weight excluding hydrogens is 368 g/mol. The molecule has 0 unspecified atom stereocenters. The van der Waals surface area contributed by atoms with Crippen LogP contribution in [0, 0.1) is 0 Å². The minimum atomic E-state index is 0.00440. The van der Waals surface area contributed by atoms with Crippen LogP contribution in [0.1, 0.15) is 22.7 Å². The van der Waals surface area contributed by atoms with Gasteiger partial charge >= 0.3 is 0 Å². The molecule has 2 aromatic rings. The number of morpholine rings is 1. The van der Waals surface area contributed by atoms with Crippen molar-refractivity contribution in [1.29, 1.82) is 0 Å². The van der Waals surface area contributed by atoms with Gasteiger partial charge in [0.15, 0.2) is 11.5 Å². The monoisotopic (exact) mass is 396 g/mol. The molecule has 154 valence electrons. The van der Waals surface area contributed by atoms with E-state index in [0.29, 0.717) is 38.6 Å². The Morgan fingerprint density at radius 3 is 2.41 bits per heavy atom. The van der Waals surface area contributed by atoms with E-state index in [0.717, 1.165) is 18.7 Å². The van der Waals surface area contributed by atoms with Gasteiger partial charge in [0.2, 0.25) is 5.91 Å². The zero-order chi connectivity index (χ0) is 20.2. The van der Waals surface area contributed by atoms with E-state index in [4.69, 9.17) is 14.2 Å². The highest BCUT2D eigenvalue weighted by Crippen LogP contribution is 2.40. The zero-order valence-corrected chi connectivity index (χ0v) is 17.1. The van der Waals surface area contributed by atoms with Crippen molar-refractivity contribution in [2.24, 2.45) is 0 Å². The van der Waals surface area contributed by atoms with E-state index in [1.807, 2.05) is 23.1 Å². The second-order valence-electron chi connectivity index (χ2n) is 7.43. The Labute approximate surface area is 172 Å². The number of nitrogens with zero attached hydrogens (tertiary/aromatic N) is 2. The number of carbonyl (C=O) groups is 1. The first-order valence-electron chi connectivity index (χ1n) is 10.1. The maximum atomic E-state index is 13.0. The summed E-state index contributed by atoms with van der Waals surface area (Å²) >= 11 is 0. The quantitative estimate of drug-likeness (QED) is 0.777. The molecule has 2 aliphatic heterocycles. The van der Waals surface area contributed by atoms with Gasteiger partial charge in [-0.25, -0.2) is 0 Å². The van der Waals surface area contributed by atoms with E-state index in [1.54, 1.807) is 14.2 Å². The Morgan fingerprint density at radius 2 is 1.72 bits per heavy atom. The Hall–Kier alpha value is -2.57. The van der Waals surface area contributed by atoms with E-state index >= 15 is 0 Å². The summed E-state index contributed by atoms with van der Waals surface area (Å²) in [6.07, 6.45) is 0.870. The van der Waals surface area contributed by atoms with Crippen molar-refractivity contribution in [3.63, 3.8) is 0 Å². The highest BCUT2D eigenvalue weighted by atomic mass is 16.5. The van der Waals surface area contributed by atoms with Crippen LogP contribution in [0.4, 0.5) is 0 Å². The van der Waals surface area contributed by atoms with Crippen molar-refractivity contribution in [1.82, 2.24) is 9.80 Å². The summed E-state index contributed by atoms with van der Waals surface area (Å²) in [4.78, 5) is 17.2. The summed E-state index contributed by atoms with van der Waals surface area (Å²) in [7, 11) is 3.32. The van der Waals surface area contributed by atoms with Crippen molar-refractivity contribution in [3.05, 3.63) is 59.2 Å². The van der Waals surface area contributed by atoms with E-state index in [2.05, 4.69) is 29.2 Å². The average Bonchev–Trinajstić information content (AvgIpc) is 2.79. The third kappa shape index (κ3) is 4.09. The van der Waals surface area contributed by atoms with Gasteiger partial charge in [-0.2, -0.15) is 0 Å². The first-order valence-corrected chi connectivity index (χ1v) is 10.1. The molecule has 1 fully saturated rings. The zero-order valence-electron chi connectivity index (χ0n) is 17.1. The molecule has 0 aromatic heterocycles. The number of methoxy groups -OCH3 is 2. The second-order valence-corrected chi connectivity index (χ2v) is 7.43. The molecule has 2 aliphatic rings. The Kier molecular flexibility index (Phi) is 6.02. The lowest BCUT2D eigenvalue weighted by molar-refractivity contribution is -0.137. The van der Waals surface area contributed by atoms with Crippen LogP contribution < -0.4 is 9.47 Å². The fraction of sp³-hybridized carbons (Fsp3) is 0.435. The molecule has 0 aliphatic carbocycles. The number of benzene rings is 2. The molecule has 0 radical (unpaired) electrons. The Balaban J connectivity index is 1.68. The maximum Gasteiger partial charge on any atom is 0.236 e. The Morgan fingerprint density at radius 1 is 1.03 bits per heavy atom. The number of ether oxygens (including phenoxy) is 3. The molecule has 4 rings (SSSR count). The molecule has 1 amide bonds. The lowest BCUT2D eigenvalue weighted by atomic mass is 9.87. The van der Waals surface area contributed by atoms with Crippen LogP contribution in [0.2, 0.25) is 0 Å². The van der Waals surface area contributed by atoms with Crippen LogP contribution in [0.15, 0.2) is 42.5 Å². The van der Waals surface area contributed by atoms with Crippen molar-refractivity contribution in [2.75, 3.05) is 53.6 Å². The first-order chi connectivity index (χ1) is 14.2. The van der Waals surface area contributed by atoms with Gasteiger partial charge in [0.25, 0.3) is 0 Å². The van der Waals surface area contributed by atoms with Gasteiger partial charge in [-0.3, -0.25) is 9.69 Å². The predicted molar refractivity (Wildman–Crippen MR) is 111 cm³/mol. The summed E-state index contributed by atoms with van der Waals surface area (Å²) in [5.41, 5.74) is 3.59. The molecule has 1 atom stereocenters. The molecule has 0 spiro atoms. The minimum Gasteiger partial charge on any atom is -0.493 e. The molecular formula is C23H28N2O4. The predicted octanol–water partition coefficient (Wildman–Crippen LogP) is 2.51. The van der Waals surface area contributed by atoms with Gasteiger partial charge in [-0.1, -0.05) is 30.3 Å². The summed E-state index contributed by atoms with van der Waals surface area (Å²) in [6.45, 7) is 3.79. The van der Waals surface area contributed by atoms with Crippen molar-refractivity contribution in [2.45, 2.75) is 12.5 Å². The summed E-state index contributed by atoms with van der Waals surface area (Å²) in [5, 5.41) is 0. The highest BCUT2D eigenvalue weighted by Gasteiger charge is 2.32. The summed E-state index contributed by atoms with van der Waals surface area (Å²) in [6, 6.07) is 14.5. The highest BCUT2D eigenvalue weighted by molar-refractivity contribution is 5.78. The number of carbonyl (C=O) groups excluding carboxylic acids is 1. The molecule has 0 bridgehead atoms. The standard InChI is InChI=1S/C23H28N2O4/c1-27-20-14-18-8-9-25(16-22(26)24-10-12-29-13-11-24)23(17-6-4-3-5-7-17)19(18)15-21(20)28-2/h3-7,14-15,23H,8-13,16H2,1-2H3/t23-/m1/s1. The molecule has 6 heteroatoms. The van der Waals surface area contributed by atoms with Crippen molar-refractivity contribution >= 4 is 5.91 Å². The average molecular weight is 396 g/mol. The van der Waals surface area contributed by atoms with Crippen LogP contribution in [0.5, 0.6) is 11.5 Å². The molecule has 0 saturated carbocycles. The summed E-state index contributed by atoms with van der Waals surface area (Å²) in [5.74, 6) is 1.63. The van der Waals surface area contributed by atoms with Crippen LogP contribution in [0.25, 0.3) is 0 Å². The van der Waals surface area contributed by atoms with Crippen LogP contribution in [-0.2, 0) is 16.0 Å². The van der Waals surface area contributed by atoms with E-state index in [9.17, 15) is 4.79 Å². The van der Waals surface area contributed by atoms with Gasteiger partial charge in [-0.15, -0.1) is 0 Å². The number of hydrogen-bond acceptors (Lipinski definition) is 5. The maximum absolute atomic E-state index is 13.0. The van der Waals surface area contributed by atoms with Gasteiger partial charge in [0, 0.05) is 19.6 Å². The lowest BCUT2D eigenvalue weighted by Crippen LogP contribution is -2.48. The van der Waals surface area contributed by atoms with Gasteiger partial charge in [0.1, 0.15) is 0 Å².